The van der Waals surface area contributed by atoms with Crippen LogP contribution in [0.2, 0.25) is 0 Å². The summed E-state index contributed by atoms with van der Waals surface area (Å²) in [6.07, 6.45) is 0. The molecule has 0 bridgehead atoms. The number of nitrogens with zero attached hydrogens (tertiary/aromatic N) is 1. The largest absolute Gasteiger partial charge is 0.310 e. The van der Waals surface area contributed by atoms with Crippen molar-refractivity contribution >= 4 is 22.6 Å². The lowest BCUT2D eigenvalue weighted by atomic mass is 9.82. The van der Waals surface area contributed by atoms with Gasteiger partial charge in [0, 0.05) is 22.5 Å². The minimum Gasteiger partial charge on any atom is -0.310 e. The van der Waals surface area contributed by atoms with Gasteiger partial charge in [-0.05, 0) is 89.2 Å². The Morgan fingerprint density at radius 2 is 1.00 bits per heavy atom. The Kier molecular flexibility index (Phi) is 6.00. The minimum absolute atomic E-state index is 0.0180. The summed E-state index contributed by atoms with van der Waals surface area (Å²) in [6, 6.07) is 46.0. The molecule has 38 heavy (non-hydrogen) atoms. The van der Waals surface area contributed by atoms with Crippen LogP contribution in [0.5, 0.6) is 0 Å². The topological polar surface area (TPSA) is 3.24 Å². The first-order valence-corrected chi connectivity index (χ1v) is 13.4. The van der Waals surface area contributed by atoms with Gasteiger partial charge in [0.25, 0.3) is 0 Å². The van der Waals surface area contributed by atoms with E-state index in [2.05, 4.69) is 160 Å². The SMILES string of the molecule is CC1=C(C)C(C)(C)c2cc(N(c3ccc(-c4ccccc4)cc3)c3cccc(-c4ccccc4)c3)ccc21. The number of fused-ring (bicyclic) bond motifs is 1. The molecule has 0 spiro atoms. The van der Waals surface area contributed by atoms with E-state index in [0.717, 1.165) is 11.4 Å². The van der Waals surface area contributed by atoms with Crippen LogP contribution in [0.15, 0.2) is 133 Å². The zero-order valence-corrected chi connectivity index (χ0v) is 22.6. The number of hydrogen-bond acceptors (Lipinski definition) is 1. The van der Waals surface area contributed by atoms with E-state index in [4.69, 9.17) is 0 Å². The summed E-state index contributed by atoms with van der Waals surface area (Å²) in [5.41, 5.74) is 14.0. The van der Waals surface area contributed by atoms with E-state index < -0.39 is 0 Å². The lowest BCUT2D eigenvalue weighted by Gasteiger charge is -2.29. The van der Waals surface area contributed by atoms with E-state index >= 15 is 0 Å². The molecule has 186 valence electrons. The zero-order chi connectivity index (χ0) is 26.3. The van der Waals surface area contributed by atoms with Gasteiger partial charge >= 0.3 is 0 Å². The third-order valence-electron chi connectivity index (χ3n) is 8.28. The minimum atomic E-state index is 0.0180. The molecule has 0 N–H and O–H groups in total. The fraction of sp³-hybridized carbons (Fsp3) is 0.135. The molecule has 0 aliphatic heterocycles. The predicted molar refractivity (Wildman–Crippen MR) is 163 cm³/mol. The van der Waals surface area contributed by atoms with E-state index in [1.807, 2.05) is 0 Å². The second-order valence-electron chi connectivity index (χ2n) is 10.8. The van der Waals surface area contributed by atoms with Crippen LogP contribution in [0.1, 0.15) is 38.8 Å². The molecule has 0 heterocycles. The molecular formula is C37H33N. The maximum Gasteiger partial charge on any atom is 0.0467 e. The average Bonchev–Trinajstić information content (AvgIpc) is 3.14. The van der Waals surface area contributed by atoms with Crippen molar-refractivity contribution < 1.29 is 0 Å². The molecule has 0 aromatic heterocycles. The molecule has 0 atom stereocenters. The van der Waals surface area contributed by atoms with Gasteiger partial charge in [0.2, 0.25) is 0 Å². The third kappa shape index (κ3) is 4.15. The van der Waals surface area contributed by atoms with Crippen molar-refractivity contribution in [3.63, 3.8) is 0 Å². The highest BCUT2D eigenvalue weighted by Crippen LogP contribution is 2.48. The number of allylic oxidation sites excluding steroid dienone is 2. The molecule has 5 aromatic carbocycles. The molecular weight excluding hydrogens is 458 g/mol. The van der Waals surface area contributed by atoms with Gasteiger partial charge in [-0.1, -0.05) is 110 Å². The van der Waals surface area contributed by atoms with Crippen LogP contribution in [0.25, 0.3) is 27.8 Å². The average molecular weight is 492 g/mol. The Morgan fingerprint density at radius 1 is 0.474 bits per heavy atom. The monoisotopic (exact) mass is 491 g/mol. The van der Waals surface area contributed by atoms with Gasteiger partial charge in [-0.15, -0.1) is 0 Å². The zero-order valence-electron chi connectivity index (χ0n) is 22.6. The van der Waals surface area contributed by atoms with E-state index in [1.54, 1.807) is 0 Å². The molecule has 0 saturated heterocycles. The highest BCUT2D eigenvalue weighted by Gasteiger charge is 2.34. The normalized spacial score (nSPS) is 13.9. The van der Waals surface area contributed by atoms with Crippen LogP contribution < -0.4 is 4.90 Å². The molecule has 1 nitrogen and oxygen atoms in total. The summed E-state index contributed by atoms with van der Waals surface area (Å²) in [6.45, 7) is 9.22. The smallest absolute Gasteiger partial charge is 0.0467 e. The molecule has 0 unspecified atom stereocenters. The lowest BCUT2D eigenvalue weighted by molar-refractivity contribution is 0.639. The van der Waals surface area contributed by atoms with Gasteiger partial charge < -0.3 is 4.90 Å². The fourth-order valence-corrected chi connectivity index (χ4v) is 5.72. The summed E-state index contributed by atoms with van der Waals surface area (Å²) < 4.78 is 0. The van der Waals surface area contributed by atoms with Crippen molar-refractivity contribution in [1.29, 1.82) is 0 Å². The molecule has 0 amide bonds. The summed E-state index contributed by atoms with van der Waals surface area (Å²) in [7, 11) is 0. The molecule has 5 aromatic rings. The van der Waals surface area contributed by atoms with E-state index in [1.165, 1.54) is 50.2 Å². The van der Waals surface area contributed by atoms with Crippen LogP contribution in [-0.4, -0.2) is 0 Å². The van der Waals surface area contributed by atoms with Gasteiger partial charge in [-0.3, -0.25) is 0 Å². The summed E-state index contributed by atoms with van der Waals surface area (Å²) in [5, 5.41) is 0. The lowest BCUT2D eigenvalue weighted by Crippen LogP contribution is -2.17. The van der Waals surface area contributed by atoms with Gasteiger partial charge in [0.1, 0.15) is 0 Å². The Morgan fingerprint density at radius 3 is 1.66 bits per heavy atom. The molecule has 1 aliphatic rings. The van der Waals surface area contributed by atoms with Gasteiger partial charge in [0.05, 0.1) is 0 Å². The first-order chi connectivity index (χ1) is 18.4. The van der Waals surface area contributed by atoms with Crippen molar-refractivity contribution in [2.24, 2.45) is 0 Å². The van der Waals surface area contributed by atoms with Crippen LogP contribution in [0, 0.1) is 0 Å². The van der Waals surface area contributed by atoms with Gasteiger partial charge in [0.15, 0.2) is 0 Å². The maximum absolute atomic E-state index is 2.40. The highest BCUT2D eigenvalue weighted by molar-refractivity contribution is 5.85. The first kappa shape index (κ1) is 24.0. The molecule has 0 radical (unpaired) electrons. The molecule has 0 saturated carbocycles. The maximum atomic E-state index is 2.40. The molecule has 1 heteroatoms. The van der Waals surface area contributed by atoms with Crippen LogP contribution in [0.4, 0.5) is 17.1 Å². The van der Waals surface area contributed by atoms with E-state index in [-0.39, 0.29) is 5.41 Å². The van der Waals surface area contributed by atoms with Crippen molar-refractivity contribution in [3.8, 4) is 22.3 Å². The fourth-order valence-electron chi connectivity index (χ4n) is 5.72. The van der Waals surface area contributed by atoms with Crippen LogP contribution in [0.3, 0.4) is 0 Å². The van der Waals surface area contributed by atoms with Crippen molar-refractivity contribution in [1.82, 2.24) is 0 Å². The van der Waals surface area contributed by atoms with Crippen molar-refractivity contribution in [2.45, 2.75) is 33.1 Å². The van der Waals surface area contributed by atoms with Crippen molar-refractivity contribution in [3.05, 3.63) is 144 Å². The third-order valence-corrected chi connectivity index (χ3v) is 8.28. The standard InChI is InChI=1S/C37H33N/c1-26-27(2)37(3,4)36-25-34(22-23-35(26)36)38(32-20-18-30(19-21-32)28-12-7-5-8-13-28)33-17-11-16-31(24-33)29-14-9-6-10-15-29/h5-25H,1-4H3. The molecule has 1 aliphatic carbocycles. The number of hydrogen-bond donors (Lipinski definition) is 0. The van der Waals surface area contributed by atoms with Gasteiger partial charge in [-0.2, -0.15) is 0 Å². The van der Waals surface area contributed by atoms with E-state index in [0.29, 0.717) is 0 Å². The van der Waals surface area contributed by atoms with Crippen molar-refractivity contribution in [2.75, 3.05) is 4.90 Å². The predicted octanol–water partition coefficient (Wildman–Crippen LogP) is 10.6. The second-order valence-corrected chi connectivity index (χ2v) is 10.8. The Bertz CT molecular complexity index is 1620. The quantitative estimate of drug-likeness (QED) is 0.236. The Labute approximate surface area is 226 Å². The number of benzene rings is 5. The van der Waals surface area contributed by atoms with Crippen LogP contribution >= 0.6 is 0 Å². The molecule has 0 fully saturated rings. The Balaban J connectivity index is 1.49. The van der Waals surface area contributed by atoms with Gasteiger partial charge in [-0.25, -0.2) is 0 Å². The van der Waals surface area contributed by atoms with E-state index in [9.17, 15) is 0 Å². The first-order valence-electron chi connectivity index (χ1n) is 13.4. The number of rotatable bonds is 5. The molecule has 6 rings (SSSR count). The second kappa shape index (κ2) is 9.50. The Hall–Kier alpha value is -4.36. The summed E-state index contributed by atoms with van der Waals surface area (Å²) in [4.78, 5) is 2.39. The summed E-state index contributed by atoms with van der Waals surface area (Å²) >= 11 is 0. The van der Waals surface area contributed by atoms with Crippen LogP contribution in [-0.2, 0) is 5.41 Å². The summed E-state index contributed by atoms with van der Waals surface area (Å²) in [5.74, 6) is 0. The highest BCUT2D eigenvalue weighted by atomic mass is 15.1. The number of anilines is 3.